The molecule has 0 radical (unpaired) electrons. The molecule has 0 spiro atoms. The number of benzene rings is 1. The number of nitrogens with one attached hydrogen (secondary N) is 1. The number of carbonyl (C=O) groups is 3. The summed E-state index contributed by atoms with van der Waals surface area (Å²) in [6, 6.07) is 10.8. The highest BCUT2D eigenvalue weighted by atomic mass is 32.2. The number of ether oxygens (including phenoxy) is 1. The van der Waals surface area contributed by atoms with E-state index < -0.39 is 18.5 Å². The predicted molar refractivity (Wildman–Crippen MR) is 122 cm³/mol. The molecule has 0 saturated heterocycles. The van der Waals surface area contributed by atoms with E-state index in [1.807, 2.05) is 32.0 Å². The second-order valence-corrected chi connectivity index (χ2v) is 8.50. The Hall–Kier alpha value is -3.73. The van der Waals surface area contributed by atoms with Crippen molar-refractivity contribution in [3.63, 3.8) is 0 Å². The fraction of sp³-hybridized carbons (Fsp3) is 0.273. The molecule has 1 aromatic carbocycles. The van der Waals surface area contributed by atoms with Crippen LogP contribution in [-0.4, -0.2) is 56.4 Å². The molecule has 3 heterocycles. The summed E-state index contributed by atoms with van der Waals surface area (Å²) in [5, 5.41) is 7.01. The van der Waals surface area contributed by atoms with E-state index in [-0.39, 0.29) is 18.2 Å². The summed E-state index contributed by atoms with van der Waals surface area (Å²) < 4.78 is 6.55. The van der Waals surface area contributed by atoms with Crippen LogP contribution in [0.1, 0.15) is 17.1 Å². The van der Waals surface area contributed by atoms with Gasteiger partial charge in [-0.15, -0.1) is 11.8 Å². The molecule has 11 heteroatoms. The van der Waals surface area contributed by atoms with Crippen LogP contribution in [0.2, 0.25) is 0 Å². The zero-order valence-electron chi connectivity index (χ0n) is 18.4. The molecule has 2 amide bonds. The van der Waals surface area contributed by atoms with Crippen LogP contribution < -0.4 is 10.2 Å². The van der Waals surface area contributed by atoms with Crippen molar-refractivity contribution < 1.29 is 19.1 Å². The van der Waals surface area contributed by atoms with Gasteiger partial charge in [-0.05, 0) is 39.0 Å². The Bertz CT molecular complexity index is 1220. The lowest BCUT2D eigenvalue weighted by Gasteiger charge is -2.27. The molecular formula is C22H22N6O4S. The van der Waals surface area contributed by atoms with Crippen molar-refractivity contribution in [3.8, 4) is 5.95 Å². The third kappa shape index (κ3) is 5.20. The molecule has 1 N–H and O–H groups in total. The molecular weight excluding hydrogens is 444 g/mol. The quantitative estimate of drug-likeness (QED) is 0.549. The first kappa shape index (κ1) is 22.5. The minimum atomic E-state index is -0.678. The van der Waals surface area contributed by atoms with Gasteiger partial charge in [-0.2, -0.15) is 9.78 Å². The van der Waals surface area contributed by atoms with E-state index in [1.54, 1.807) is 25.1 Å². The van der Waals surface area contributed by atoms with Crippen LogP contribution in [0.4, 0.5) is 11.5 Å². The van der Waals surface area contributed by atoms with Gasteiger partial charge >= 0.3 is 5.97 Å². The Morgan fingerprint density at radius 2 is 1.82 bits per heavy atom. The van der Waals surface area contributed by atoms with E-state index in [1.165, 1.54) is 21.3 Å². The molecule has 170 valence electrons. The van der Waals surface area contributed by atoms with Gasteiger partial charge in [0.2, 0.25) is 5.91 Å². The third-order valence-electron chi connectivity index (χ3n) is 4.72. The monoisotopic (exact) mass is 466 g/mol. The average Bonchev–Trinajstić information content (AvgIpc) is 3.13. The van der Waals surface area contributed by atoms with Gasteiger partial charge in [0.05, 0.1) is 17.1 Å². The molecule has 0 bridgehead atoms. The zero-order valence-corrected chi connectivity index (χ0v) is 19.2. The second-order valence-electron chi connectivity index (χ2n) is 7.48. The highest BCUT2D eigenvalue weighted by molar-refractivity contribution is 8.00. The van der Waals surface area contributed by atoms with Gasteiger partial charge in [0, 0.05) is 22.3 Å². The number of aromatic nitrogens is 4. The maximum absolute atomic E-state index is 12.4. The molecule has 0 aliphatic carbocycles. The number of thioether (sulfide) groups is 1. The minimum Gasteiger partial charge on any atom is -0.454 e. The lowest BCUT2D eigenvalue weighted by atomic mass is 10.2. The summed E-state index contributed by atoms with van der Waals surface area (Å²) in [4.78, 5) is 48.1. The van der Waals surface area contributed by atoms with Crippen molar-refractivity contribution in [2.24, 2.45) is 0 Å². The van der Waals surface area contributed by atoms with E-state index in [0.29, 0.717) is 23.1 Å². The smallest absolute Gasteiger partial charge is 0.326 e. The number of hydrogen-bond acceptors (Lipinski definition) is 8. The summed E-state index contributed by atoms with van der Waals surface area (Å²) in [5.74, 6) is -0.483. The lowest BCUT2D eigenvalue weighted by Crippen LogP contribution is -2.40. The standard InChI is InChI=1S/C22H22N6O4S/c1-13-8-14(2)24-22(23-13)28-18(9-15(3)26-28)25-19(29)11-32-21(31)10-27-16-6-4-5-7-17(16)33-12-20(27)30/h4-9H,10-12H2,1-3H3,(H,25,29). The first-order valence-electron chi connectivity index (χ1n) is 10.2. The molecule has 0 unspecified atom stereocenters. The average molecular weight is 467 g/mol. The zero-order chi connectivity index (χ0) is 23.5. The highest BCUT2D eigenvalue weighted by Crippen LogP contribution is 2.34. The molecule has 0 saturated carbocycles. The van der Waals surface area contributed by atoms with Crippen LogP contribution >= 0.6 is 11.8 Å². The summed E-state index contributed by atoms with van der Waals surface area (Å²) in [5.41, 5.74) is 2.85. The summed E-state index contributed by atoms with van der Waals surface area (Å²) in [7, 11) is 0. The van der Waals surface area contributed by atoms with Crippen LogP contribution in [0.15, 0.2) is 41.3 Å². The number of fused-ring (bicyclic) bond motifs is 1. The third-order valence-corrected chi connectivity index (χ3v) is 5.77. The van der Waals surface area contributed by atoms with Gasteiger partial charge in [0.1, 0.15) is 12.4 Å². The lowest BCUT2D eigenvalue weighted by molar-refractivity contribution is -0.146. The van der Waals surface area contributed by atoms with E-state index in [2.05, 4.69) is 20.4 Å². The Morgan fingerprint density at radius 1 is 1.09 bits per heavy atom. The summed E-state index contributed by atoms with van der Waals surface area (Å²) in [6.45, 7) is 4.69. The number of amides is 2. The van der Waals surface area contributed by atoms with E-state index >= 15 is 0 Å². The molecule has 2 aromatic heterocycles. The number of aryl methyl sites for hydroxylation is 3. The van der Waals surface area contributed by atoms with Crippen molar-refractivity contribution >= 4 is 41.1 Å². The number of para-hydroxylation sites is 1. The Kier molecular flexibility index (Phi) is 6.40. The molecule has 10 nitrogen and oxygen atoms in total. The molecule has 1 aliphatic rings. The SMILES string of the molecule is Cc1cc(C)nc(-n2nc(C)cc2NC(=O)COC(=O)CN2C(=O)CSc3ccccc32)n1. The Morgan fingerprint density at radius 3 is 2.58 bits per heavy atom. The van der Waals surface area contributed by atoms with E-state index in [9.17, 15) is 14.4 Å². The van der Waals surface area contributed by atoms with Crippen molar-refractivity contribution in [3.05, 3.63) is 53.5 Å². The molecule has 0 atom stereocenters. The fourth-order valence-corrected chi connectivity index (χ4v) is 4.31. The molecule has 4 rings (SSSR count). The number of hydrogen-bond donors (Lipinski definition) is 1. The van der Waals surface area contributed by atoms with Crippen LogP contribution in [0.25, 0.3) is 5.95 Å². The van der Waals surface area contributed by atoms with Gasteiger partial charge in [0.15, 0.2) is 6.61 Å². The van der Waals surface area contributed by atoms with Gasteiger partial charge in [0.25, 0.3) is 11.9 Å². The molecule has 33 heavy (non-hydrogen) atoms. The van der Waals surface area contributed by atoms with Crippen molar-refractivity contribution in [2.45, 2.75) is 25.7 Å². The largest absolute Gasteiger partial charge is 0.454 e. The van der Waals surface area contributed by atoms with Crippen LogP contribution in [0.5, 0.6) is 0 Å². The molecule has 1 aliphatic heterocycles. The molecule has 0 fully saturated rings. The van der Waals surface area contributed by atoms with Crippen LogP contribution in [0, 0.1) is 20.8 Å². The first-order valence-corrected chi connectivity index (χ1v) is 11.2. The van der Waals surface area contributed by atoms with Crippen LogP contribution in [-0.2, 0) is 19.1 Å². The number of rotatable bonds is 6. The number of anilines is 2. The topological polar surface area (TPSA) is 119 Å². The first-order chi connectivity index (χ1) is 15.8. The Labute approximate surface area is 194 Å². The van der Waals surface area contributed by atoms with Gasteiger partial charge in [-0.25, -0.2) is 9.97 Å². The van der Waals surface area contributed by atoms with Crippen molar-refractivity contribution in [2.75, 3.05) is 29.1 Å². The maximum atomic E-state index is 12.4. The predicted octanol–water partition coefficient (Wildman–Crippen LogP) is 2.21. The van der Waals surface area contributed by atoms with Gasteiger partial charge < -0.3 is 10.1 Å². The van der Waals surface area contributed by atoms with Gasteiger partial charge in [-0.3, -0.25) is 19.3 Å². The maximum Gasteiger partial charge on any atom is 0.326 e. The number of carbonyl (C=O) groups excluding carboxylic acids is 3. The number of nitrogens with zero attached hydrogens (tertiary/aromatic N) is 5. The highest BCUT2D eigenvalue weighted by Gasteiger charge is 2.27. The molecule has 3 aromatic rings. The minimum absolute atomic E-state index is 0.187. The normalized spacial score (nSPS) is 12.9. The summed E-state index contributed by atoms with van der Waals surface area (Å²) in [6.07, 6.45) is 0. The van der Waals surface area contributed by atoms with Crippen molar-refractivity contribution in [1.29, 1.82) is 0 Å². The number of esters is 1. The van der Waals surface area contributed by atoms with E-state index in [0.717, 1.165) is 16.3 Å². The van der Waals surface area contributed by atoms with Crippen molar-refractivity contribution in [1.82, 2.24) is 19.7 Å². The van der Waals surface area contributed by atoms with E-state index in [4.69, 9.17) is 4.74 Å². The second kappa shape index (κ2) is 9.41. The summed E-state index contributed by atoms with van der Waals surface area (Å²) >= 11 is 1.42. The van der Waals surface area contributed by atoms with Crippen LogP contribution in [0.3, 0.4) is 0 Å². The van der Waals surface area contributed by atoms with Gasteiger partial charge in [-0.1, -0.05) is 12.1 Å². The fourth-order valence-electron chi connectivity index (χ4n) is 3.37. The Balaban J connectivity index is 1.39.